The van der Waals surface area contributed by atoms with Gasteiger partial charge in [-0.15, -0.1) is 0 Å². The highest BCUT2D eigenvalue weighted by molar-refractivity contribution is 6.30. The number of hydrogen-bond acceptors (Lipinski definition) is 5. The summed E-state index contributed by atoms with van der Waals surface area (Å²) in [5, 5.41) is 3.43. The van der Waals surface area contributed by atoms with Crippen LogP contribution in [0.15, 0.2) is 65.3 Å². The fraction of sp³-hybridized carbons (Fsp3) is 0.280. The smallest absolute Gasteiger partial charge is 0.242 e. The van der Waals surface area contributed by atoms with Gasteiger partial charge >= 0.3 is 0 Å². The van der Waals surface area contributed by atoms with Crippen LogP contribution in [-0.4, -0.2) is 37.0 Å². The third-order valence-electron chi connectivity index (χ3n) is 5.25. The Bertz CT molecular complexity index is 1070. The molecule has 0 saturated carbocycles. The Morgan fingerprint density at radius 1 is 1.03 bits per heavy atom. The van der Waals surface area contributed by atoms with Gasteiger partial charge in [0.25, 0.3) is 0 Å². The number of nitrogens with zero attached hydrogens (tertiary/aromatic N) is 1. The highest BCUT2D eigenvalue weighted by Gasteiger charge is 2.26. The lowest BCUT2D eigenvalue weighted by molar-refractivity contribution is -0.140. The van der Waals surface area contributed by atoms with E-state index in [0.717, 1.165) is 11.1 Å². The molecule has 0 spiro atoms. The molecule has 2 aromatic carbocycles. The average Bonchev–Trinajstić information content (AvgIpc) is 3.35. The van der Waals surface area contributed by atoms with Gasteiger partial charge in [-0.2, -0.15) is 0 Å². The number of furan rings is 1. The third kappa shape index (κ3) is 6.52. The first kappa shape index (κ1) is 24.2. The van der Waals surface area contributed by atoms with E-state index in [-0.39, 0.29) is 31.3 Å². The number of hydrogen-bond donors (Lipinski definition) is 1. The quantitative estimate of drug-likeness (QED) is 0.479. The molecule has 1 aromatic heterocycles. The van der Waals surface area contributed by atoms with Crippen molar-refractivity contribution >= 4 is 23.4 Å². The lowest BCUT2D eigenvalue weighted by Crippen LogP contribution is -2.47. The van der Waals surface area contributed by atoms with Crippen molar-refractivity contribution in [3.63, 3.8) is 0 Å². The van der Waals surface area contributed by atoms with Crippen molar-refractivity contribution in [2.45, 2.75) is 32.5 Å². The minimum absolute atomic E-state index is 0.101. The topological polar surface area (TPSA) is 81.0 Å². The second-order valence-electron chi connectivity index (χ2n) is 7.49. The SMILES string of the molecule is COc1ccc(CC(=O)N(Cc2ccc(Cl)cc2)C(C)C(=O)NCc2ccco2)cc1OC. The number of nitrogens with one attached hydrogen (secondary N) is 1. The molecule has 2 amide bonds. The maximum Gasteiger partial charge on any atom is 0.242 e. The number of carbonyl (C=O) groups excluding carboxylic acids is 2. The van der Waals surface area contributed by atoms with E-state index in [1.165, 1.54) is 0 Å². The molecular formula is C25H27ClN2O5. The standard InChI is InChI=1S/C25H27ClN2O5/c1-17(25(30)27-15-21-5-4-12-33-21)28(16-18-6-9-20(26)10-7-18)24(29)14-19-8-11-22(31-2)23(13-19)32-3/h4-13,17H,14-16H2,1-3H3,(H,27,30). The monoisotopic (exact) mass is 470 g/mol. The van der Waals surface area contributed by atoms with Gasteiger partial charge in [-0.05, 0) is 54.4 Å². The van der Waals surface area contributed by atoms with E-state index in [2.05, 4.69) is 5.32 Å². The molecule has 1 unspecified atom stereocenters. The van der Waals surface area contributed by atoms with Gasteiger partial charge in [0.2, 0.25) is 11.8 Å². The molecule has 8 heteroatoms. The first-order valence-corrected chi connectivity index (χ1v) is 10.8. The molecule has 0 fully saturated rings. The van der Waals surface area contributed by atoms with E-state index in [1.54, 1.807) is 74.8 Å². The van der Waals surface area contributed by atoms with Gasteiger partial charge in [-0.3, -0.25) is 9.59 Å². The Hall–Kier alpha value is -3.45. The molecule has 0 saturated heterocycles. The molecule has 0 aliphatic heterocycles. The van der Waals surface area contributed by atoms with Crippen LogP contribution in [0, 0.1) is 0 Å². The predicted octanol–water partition coefficient (Wildman–Crippen LogP) is 4.23. The van der Waals surface area contributed by atoms with Crippen molar-refractivity contribution in [2.24, 2.45) is 0 Å². The van der Waals surface area contributed by atoms with Crippen molar-refractivity contribution in [2.75, 3.05) is 14.2 Å². The van der Waals surface area contributed by atoms with E-state index in [1.807, 2.05) is 12.1 Å². The predicted molar refractivity (Wildman–Crippen MR) is 125 cm³/mol. The fourth-order valence-corrected chi connectivity index (χ4v) is 3.50. The first-order valence-electron chi connectivity index (χ1n) is 10.5. The van der Waals surface area contributed by atoms with Gasteiger partial charge in [0.05, 0.1) is 33.4 Å². The zero-order chi connectivity index (χ0) is 23.8. The number of rotatable bonds is 10. The van der Waals surface area contributed by atoms with Crippen LogP contribution in [0.25, 0.3) is 0 Å². The number of halogens is 1. The molecule has 0 radical (unpaired) electrons. The van der Waals surface area contributed by atoms with Gasteiger partial charge in [0.1, 0.15) is 11.8 Å². The van der Waals surface area contributed by atoms with Crippen LogP contribution >= 0.6 is 11.6 Å². The van der Waals surface area contributed by atoms with Gasteiger partial charge in [-0.25, -0.2) is 0 Å². The molecular weight excluding hydrogens is 444 g/mol. The third-order valence-corrected chi connectivity index (χ3v) is 5.51. The van der Waals surface area contributed by atoms with E-state index in [0.29, 0.717) is 22.3 Å². The van der Waals surface area contributed by atoms with Gasteiger partial charge in [0, 0.05) is 11.6 Å². The van der Waals surface area contributed by atoms with E-state index < -0.39 is 6.04 Å². The average molecular weight is 471 g/mol. The van der Waals surface area contributed by atoms with Gasteiger partial charge in [0.15, 0.2) is 11.5 Å². The van der Waals surface area contributed by atoms with Crippen LogP contribution in [0.1, 0.15) is 23.8 Å². The molecule has 3 aromatic rings. The summed E-state index contributed by atoms with van der Waals surface area (Å²) in [6.45, 7) is 2.22. The van der Waals surface area contributed by atoms with Crippen LogP contribution in [0.2, 0.25) is 5.02 Å². The van der Waals surface area contributed by atoms with Crippen LogP contribution in [-0.2, 0) is 29.1 Å². The second-order valence-corrected chi connectivity index (χ2v) is 7.92. The number of carbonyl (C=O) groups is 2. The van der Waals surface area contributed by atoms with Crippen LogP contribution in [0.4, 0.5) is 0 Å². The summed E-state index contributed by atoms with van der Waals surface area (Å²) < 4.78 is 15.9. The zero-order valence-electron chi connectivity index (χ0n) is 18.8. The fourth-order valence-electron chi connectivity index (χ4n) is 3.37. The Labute approximate surface area is 198 Å². The number of ether oxygens (including phenoxy) is 2. The van der Waals surface area contributed by atoms with Crippen LogP contribution in [0.5, 0.6) is 11.5 Å². The molecule has 0 aliphatic rings. The first-order chi connectivity index (χ1) is 15.9. The summed E-state index contributed by atoms with van der Waals surface area (Å²) in [6.07, 6.45) is 1.65. The number of benzene rings is 2. The van der Waals surface area contributed by atoms with Crippen LogP contribution in [0.3, 0.4) is 0 Å². The summed E-state index contributed by atoms with van der Waals surface area (Å²) in [4.78, 5) is 27.8. The summed E-state index contributed by atoms with van der Waals surface area (Å²) in [5.74, 6) is 1.28. The van der Waals surface area contributed by atoms with Crippen LogP contribution < -0.4 is 14.8 Å². The number of methoxy groups -OCH3 is 2. The molecule has 0 bridgehead atoms. The minimum atomic E-state index is -0.705. The largest absolute Gasteiger partial charge is 0.493 e. The maximum absolute atomic E-state index is 13.3. The van der Waals surface area contributed by atoms with Crippen molar-refractivity contribution in [1.82, 2.24) is 10.2 Å². The highest BCUT2D eigenvalue weighted by Crippen LogP contribution is 2.28. The van der Waals surface area contributed by atoms with Crippen molar-refractivity contribution in [3.8, 4) is 11.5 Å². The molecule has 174 valence electrons. The molecule has 3 rings (SSSR count). The minimum Gasteiger partial charge on any atom is -0.493 e. The second kappa shape index (κ2) is 11.4. The van der Waals surface area contributed by atoms with E-state index in [4.69, 9.17) is 25.5 Å². The Balaban J connectivity index is 1.78. The summed E-state index contributed by atoms with van der Waals surface area (Å²) in [6, 6.07) is 15.3. The Kier molecular flexibility index (Phi) is 8.38. The molecule has 1 N–H and O–H groups in total. The van der Waals surface area contributed by atoms with Gasteiger partial charge in [-0.1, -0.05) is 29.8 Å². The molecule has 1 atom stereocenters. The van der Waals surface area contributed by atoms with E-state index in [9.17, 15) is 9.59 Å². The number of amides is 2. The lowest BCUT2D eigenvalue weighted by Gasteiger charge is -2.29. The Morgan fingerprint density at radius 2 is 1.73 bits per heavy atom. The molecule has 0 aliphatic carbocycles. The molecule has 1 heterocycles. The maximum atomic E-state index is 13.3. The molecule has 33 heavy (non-hydrogen) atoms. The van der Waals surface area contributed by atoms with Gasteiger partial charge < -0.3 is 24.1 Å². The van der Waals surface area contributed by atoms with Crippen molar-refractivity contribution in [1.29, 1.82) is 0 Å². The van der Waals surface area contributed by atoms with Crippen molar-refractivity contribution < 1.29 is 23.5 Å². The van der Waals surface area contributed by atoms with Crippen molar-refractivity contribution in [3.05, 3.63) is 82.8 Å². The zero-order valence-corrected chi connectivity index (χ0v) is 19.6. The lowest BCUT2D eigenvalue weighted by atomic mass is 10.1. The summed E-state index contributed by atoms with van der Waals surface area (Å²) >= 11 is 6.00. The Morgan fingerprint density at radius 3 is 2.36 bits per heavy atom. The molecule has 7 nitrogen and oxygen atoms in total. The highest BCUT2D eigenvalue weighted by atomic mass is 35.5. The summed E-state index contributed by atoms with van der Waals surface area (Å²) in [7, 11) is 3.10. The van der Waals surface area contributed by atoms with E-state index >= 15 is 0 Å². The normalized spacial score (nSPS) is 11.5. The summed E-state index contributed by atoms with van der Waals surface area (Å²) in [5.41, 5.74) is 1.62.